The lowest BCUT2D eigenvalue weighted by molar-refractivity contribution is 0.0957. The van der Waals surface area contributed by atoms with Gasteiger partial charge in [0.15, 0.2) is 0 Å². The minimum absolute atomic E-state index is 0.242. The predicted molar refractivity (Wildman–Crippen MR) is 101 cm³/mol. The number of amides is 1. The van der Waals surface area contributed by atoms with Gasteiger partial charge in [-0.05, 0) is 35.2 Å². The van der Waals surface area contributed by atoms with Crippen molar-refractivity contribution in [1.29, 1.82) is 0 Å². The minimum Gasteiger partial charge on any atom is -0.289 e. The highest BCUT2D eigenvalue weighted by Crippen LogP contribution is 2.31. The number of nitrogens with two attached hydrogens (primary N) is 1. The van der Waals surface area contributed by atoms with E-state index in [2.05, 4.69) is 5.43 Å². The third-order valence-electron chi connectivity index (χ3n) is 3.71. The van der Waals surface area contributed by atoms with E-state index in [1.165, 1.54) is 21.9 Å². The molecular formula is C17H17N3O3S2. The Morgan fingerprint density at radius 3 is 2.52 bits per heavy atom. The number of benzene rings is 2. The monoisotopic (exact) mass is 375 g/mol. The van der Waals surface area contributed by atoms with Gasteiger partial charge in [-0.3, -0.25) is 14.5 Å². The molecule has 0 saturated heterocycles. The SMILES string of the molecule is CS(=O)(=O)N(Cc1ccccc1)c1ccc2sc(C(=O)NN)cc2c1. The van der Waals surface area contributed by atoms with Crippen LogP contribution in [0.5, 0.6) is 0 Å². The summed E-state index contributed by atoms with van der Waals surface area (Å²) in [5, 5.41) is 0.794. The van der Waals surface area contributed by atoms with E-state index in [1.807, 2.05) is 36.4 Å². The third kappa shape index (κ3) is 3.81. The Morgan fingerprint density at radius 2 is 1.88 bits per heavy atom. The third-order valence-corrected chi connectivity index (χ3v) is 5.97. The average molecular weight is 375 g/mol. The minimum atomic E-state index is -3.46. The van der Waals surface area contributed by atoms with Crippen molar-refractivity contribution in [3.8, 4) is 0 Å². The van der Waals surface area contributed by atoms with E-state index < -0.39 is 10.0 Å². The van der Waals surface area contributed by atoms with Gasteiger partial charge in [0.2, 0.25) is 10.0 Å². The van der Waals surface area contributed by atoms with E-state index in [0.717, 1.165) is 15.6 Å². The molecule has 0 unspecified atom stereocenters. The number of carbonyl (C=O) groups is 1. The number of rotatable bonds is 5. The molecule has 3 rings (SSSR count). The van der Waals surface area contributed by atoms with Crippen LogP contribution in [0, 0.1) is 0 Å². The first kappa shape index (κ1) is 17.4. The zero-order valence-corrected chi connectivity index (χ0v) is 15.1. The first-order chi connectivity index (χ1) is 11.9. The van der Waals surface area contributed by atoms with Crippen molar-refractivity contribution in [1.82, 2.24) is 5.43 Å². The molecule has 0 aliphatic heterocycles. The fraction of sp³-hybridized carbons (Fsp3) is 0.118. The summed E-state index contributed by atoms with van der Waals surface area (Å²) in [7, 11) is -3.46. The van der Waals surface area contributed by atoms with Crippen molar-refractivity contribution in [3.63, 3.8) is 0 Å². The van der Waals surface area contributed by atoms with E-state index in [-0.39, 0.29) is 12.5 Å². The molecule has 0 spiro atoms. The number of anilines is 1. The normalized spacial score (nSPS) is 11.4. The molecule has 0 fully saturated rings. The molecule has 1 amide bonds. The van der Waals surface area contributed by atoms with E-state index in [9.17, 15) is 13.2 Å². The number of thiophene rings is 1. The van der Waals surface area contributed by atoms with Crippen LogP contribution < -0.4 is 15.6 Å². The molecule has 130 valence electrons. The number of carbonyl (C=O) groups excluding carboxylic acids is 1. The van der Waals surface area contributed by atoms with E-state index in [0.29, 0.717) is 10.6 Å². The van der Waals surface area contributed by atoms with Gasteiger partial charge in [0.05, 0.1) is 23.4 Å². The lowest BCUT2D eigenvalue weighted by Crippen LogP contribution is -2.29. The van der Waals surface area contributed by atoms with Gasteiger partial charge in [-0.15, -0.1) is 11.3 Å². The number of hydrogen-bond acceptors (Lipinski definition) is 5. The topological polar surface area (TPSA) is 92.5 Å². The van der Waals surface area contributed by atoms with Crippen molar-refractivity contribution >= 4 is 43.0 Å². The molecule has 8 heteroatoms. The van der Waals surface area contributed by atoms with E-state index in [4.69, 9.17) is 5.84 Å². The summed E-state index contributed by atoms with van der Waals surface area (Å²) in [5.74, 6) is 4.80. The Balaban J connectivity index is 2.02. The fourth-order valence-electron chi connectivity index (χ4n) is 2.52. The summed E-state index contributed by atoms with van der Waals surface area (Å²) >= 11 is 1.30. The van der Waals surface area contributed by atoms with E-state index in [1.54, 1.807) is 18.2 Å². The molecule has 25 heavy (non-hydrogen) atoms. The Hall–Kier alpha value is -2.42. The smallest absolute Gasteiger partial charge is 0.275 e. The zero-order chi connectivity index (χ0) is 18.0. The van der Waals surface area contributed by atoms with Crippen LogP contribution in [0.3, 0.4) is 0 Å². The highest BCUT2D eigenvalue weighted by atomic mass is 32.2. The van der Waals surface area contributed by atoms with Gasteiger partial charge in [-0.2, -0.15) is 0 Å². The lowest BCUT2D eigenvalue weighted by Gasteiger charge is -2.22. The van der Waals surface area contributed by atoms with Crippen LogP contribution in [0.25, 0.3) is 10.1 Å². The number of nitrogens with zero attached hydrogens (tertiary/aromatic N) is 1. The zero-order valence-electron chi connectivity index (χ0n) is 13.5. The molecule has 0 aliphatic carbocycles. The Morgan fingerprint density at radius 1 is 1.16 bits per heavy atom. The molecular weight excluding hydrogens is 358 g/mol. The standard InChI is InChI=1S/C17H17N3O3S2/c1-25(22,23)20(11-12-5-3-2-4-6-12)14-7-8-15-13(9-14)10-16(24-15)17(21)19-18/h2-10H,11,18H2,1H3,(H,19,21). The largest absolute Gasteiger partial charge is 0.289 e. The van der Waals surface area contributed by atoms with Gasteiger partial charge in [-0.1, -0.05) is 30.3 Å². The number of hydrazine groups is 1. The summed E-state index contributed by atoms with van der Waals surface area (Å²) in [6.07, 6.45) is 1.18. The number of nitrogens with one attached hydrogen (secondary N) is 1. The van der Waals surface area contributed by atoms with Crippen LogP contribution >= 0.6 is 11.3 Å². The van der Waals surface area contributed by atoms with Gasteiger partial charge in [0, 0.05) is 4.70 Å². The quantitative estimate of drug-likeness (QED) is 0.407. The summed E-state index contributed by atoms with van der Waals surface area (Å²) in [6, 6.07) is 16.4. The van der Waals surface area contributed by atoms with Crippen LogP contribution in [-0.4, -0.2) is 20.6 Å². The van der Waals surface area contributed by atoms with Gasteiger partial charge in [0.25, 0.3) is 5.91 Å². The van der Waals surface area contributed by atoms with Crippen molar-refractivity contribution in [2.75, 3.05) is 10.6 Å². The van der Waals surface area contributed by atoms with Crippen LogP contribution in [-0.2, 0) is 16.6 Å². The predicted octanol–water partition coefficient (Wildman–Crippen LogP) is 2.47. The lowest BCUT2D eigenvalue weighted by atomic mass is 10.2. The van der Waals surface area contributed by atoms with Gasteiger partial charge < -0.3 is 0 Å². The van der Waals surface area contributed by atoms with E-state index >= 15 is 0 Å². The molecule has 3 aromatic rings. The summed E-state index contributed by atoms with van der Waals surface area (Å²) in [4.78, 5) is 12.1. The second kappa shape index (κ2) is 6.83. The number of sulfonamides is 1. The Bertz CT molecular complexity index is 1010. The van der Waals surface area contributed by atoms with Gasteiger partial charge in [-0.25, -0.2) is 14.3 Å². The molecule has 0 atom stereocenters. The Kier molecular flexibility index (Phi) is 4.76. The number of fused-ring (bicyclic) bond motifs is 1. The van der Waals surface area contributed by atoms with Crippen LogP contribution in [0.4, 0.5) is 5.69 Å². The van der Waals surface area contributed by atoms with Crippen molar-refractivity contribution in [2.45, 2.75) is 6.54 Å². The number of hydrogen-bond donors (Lipinski definition) is 2. The summed E-state index contributed by atoms with van der Waals surface area (Å²) in [6.45, 7) is 0.242. The number of nitrogen functional groups attached to an aromatic ring is 1. The fourth-order valence-corrected chi connectivity index (χ4v) is 4.34. The summed E-state index contributed by atoms with van der Waals surface area (Å²) < 4.78 is 26.8. The molecule has 0 radical (unpaired) electrons. The van der Waals surface area contributed by atoms with Crippen molar-refractivity contribution < 1.29 is 13.2 Å². The highest BCUT2D eigenvalue weighted by Gasteiger charge is 2.19. The molecule has 1 heterocycles. The van der Waals surface area contributed by atoms with Crippen molar-refractivity contribution in [2.24, 2.45) is 5.84 Å². The summed E-state index contributed by atoms with van der Waals surface area (Å²) in [5.41, 5.74) is 3.54. The molecule has 3 N–H and O–H groups in total. The molecule has 0 aliphatic rings. The molecule has 0 saturated carbocycles. The maximum absolute atomic E-state index is 12.3. The molecule has 2 aromatic carbocycles. The average Bonchev–Trinajstić information content (AvgIpc) is 3.02. The first-order valence-electron chi connectivity index (χ1n) is 7.44. The van der Waals surface area contributed by atoms with Crippen LogP contribution in [0.1, 0.15) is 15.2 Å². The molecule has 1 aromatic heterocycles. The Labute approximate surface area is 149 Å². The first-order valence-corrected chi connectivity index (χ1v) is 10.1. The van der Waals surface area contributed by atoms with Crippen LogP contribution in [0.2, 0.25) is 0 Å². The van der Waals surface area contributed by atoms with Gasteiger partial charge >= 0.3 is 0 Å². The maximum atomic E-state index is 12.3. The molecule has 0 bridgehead atoms. The second-order valence-electron chi connectivity index (χ2n) is 5.56. The molecule has 6 nitrogen and oxygen atoms in total. The highest BCUT2D eigenvalue weighted by molar-refractivity contribution is 7.92. The van der Waals surface area contributed by atoms with Gasteiger partial charge in [0.1, 0.15) is 0 Å². The van der Waals surface area contributed by atoms with Crippen LogP contribution in [0.15, 0.2) is 54.6 Å². The second-order valence-corrected chi connectivity index (χ2v) is 8.55. The maximum Gasteiger partial charge on any atom is 0.275 e. The van der Waals surface area contributed by atoms with Crippen molar-refractivity contribution in [3.05, 3.63) is 65.0 Å².